The van der Waals surface area contributed by atoms with Crippen molar-refractivity contribution in [3.05, 3.63) is 107 Å². The largest absolute Gasteiger partial charge is 0.354 e. The molecule has 5 aromatic rings. The van der Waals surface area contributed by atoms with E-state index in [1.54, 1.807) is 30.5 Å². The van der Waals surface area contributed by atoms with Crippen LogP contribution in [0.1, 0.15) is 58.8 Å². The number of anilines is 2. The third kappa shape index (κ3) is 6.06. The Labute approximate surface area is 304 Å². The molecule has 0 bridgehead atoms. The highest BCUT2D eigenvalue weighted by molar-refractivity contribution is 6.05. The summed E-state index contributed by atoms with van der Waals surface area (Å²) in [5.74, 6) is -0.286. The Balaban J connectivity index is 0.875. The maximum absolute atomic E-state index is 15.8. The minimum Gasteiger partial charge on any atom is -0.354 e. The number of nitrogens with zero attached hydrogens (tertiary/aromatic N) is 8. The third-order valence-electron chi connectivity index (χ3n) is 10.9. The summed E-state index contributed by atoms with van der Waals surface area (Å²) >= 11 is 0. The van der Waals surface area contributed by atoms with E-state index in [1.165, 1.54) is 11.0 Å². The molecule has 0 spiro atoms. The van der Waals surface area contributed by atoms with E-state index in [9.17, 15) is 18.8 Å². The van der Waals surface area contributed by atoms with Gasteiger partial charge < -0.3 is 14.7 Å². The maximum Gasteiger partial charge on any atom is 0.255 e. The van der Waals surface area contributed by atoms with E-state index in [0.29, 0.717) is 49.5 Å². The SMILES string of the molecule is O=C1CCC(N2Cc3c(ccc(CN4CCN(c5cccc(-c6cnc7ccc(N8CCC[C@@H]8c8cccc(F)c8)nn67)n5)CC4)c3F)C2=O)C(=O)N1. The Hall–Kier alpha value is -5.76. The lowest BCUT2D eigenvalue weighted by Gasteiger charge is -2.35. The van der Waals surface area contributed by atoms with Crippen LogP contribution in [0.3, 0.4) is 0 Å². The first-order chi connectivity index (χ1) is 25.8. The Kier molecular flexibility index (Phi) is 8.33. The molecule has 2 aromatic carbocycles. The molecule has 53 heavy (non-hydrogen) atoms. The minimum atomic E-state index is -0.784. The summed E-state index contributed by atoms with van der Waals surface area (Å²) < 4.78 is 31.7. The zero-order valence-electron chi connectivity index (χ0n) is 28.9. The molecule has 4 aliphatic heterocycles. The summed E-state index contributed by atoms with van der Waals surface area (Å²) in [6.07, 6.45) is 4.08. The third-order valence-corrected chi connectivity index (χ3v) is 10.9. The molecule has 4 aliphatic rings. The number of carbonyl (C=O) groups is 3. The number of imidazole rings is 1. The summed E-state index contributed by atoms with van der Waals surface area (Å²) in [6.45, 7) is 3.98. The topological polar surface area (TPSA) is 119 Å². The highest BCUT2D eigenvalue weighted by Gasteiger charge is 2.40. The quantitative estimate of drug-likeness (QED) is 0.243. The number of aromatic nitrogens is 4. The van der Waals surface area contributed by atoms with Crippen LogP contribution in [0, 0.1) is 11.6 Å². The second-order valence-corrected chi connectivity index (χ2v) is 14.1. The van der Waals surface area contributed by atoms with Gasteiger partial charge >= 0.3 is 0 Å². The van der Waals surface area contributed by atoms with Gasteiger partial charge in [0.2, 0.25) is 11.8 Å². The van der Waals surface area contributed by atoms with Crippen LogP contribution < -0.4 is 15.1 Å². The van der Waals surface area contributed by atoms with Crippen molar-refractivity contribution >= 4 is 35.0 Å². The summed E-state index contributed by atoms with van der Waals surface area (Å²) in [5, 5.41) is 7.28. The van der Waals surface area contributed by atoms with E-state index >= 15 is 4.39 Å². The Morgan fingerprint density at radius 2 is 1.68 bits per heavy atom. The molecule has 3 amide bonds. The van der Waals surface area contributed by atoms with Gasteiger partial charge in [-0.1, -0.05) is 24.3 Å². The molecule has 14 heteroatoms. The number of amides is 3. The van der Waals surface area contributed by atoms with Crippen molar-refractivity contribution in [2.45, 2.75) is 50.9 Å². The van der Waals surface area contributed by atoms with Crippen LogP contribution in [0.4, 0.5) is 20.4 Å². The highest BCUT2D eigenvalue weighted by Crippen LogP contribution is 2.36. The van der Waals surface area contributed by atoms with Crippen molar-refractivity contribution in [3.8, 4) is 11.4 Å². The maximum atomic E-state index is 15.8. The van der Waals surface area contributed by atoms with Gasteiger partial charge in [-0.05, 0) is 67.3 Å². The monoisotopic (exact) mass is 717 g/mol. The number of hydrogen-bond donors (Lipinski definition) is 1. The number of benzene rings is 2. The van der Waals surface area contributed by atoms with Crippen molar-refractivity contribution in [2.24, 2.45) is 0 Å². The van der Waals surface area contributed by atoms with Gasteiger partial charge in [-0.25, -0.2) is 23.3 Å². The smallest absolute Gasteiger partial charge is 0.255 e. The number of hydrogen-bond acceptors (Lipinski definition) is 9. The van der Waals surface area contributed by atoms with E-state index in [4.69, 9.17) is 10.1 Å². The highest BCUT2D eigenvalue weighted by atomic mass is 19.1. The number of imide groups is 1. The van der Waals surface area contributed by atoms with Gasteiger partial charge in [0, 0.05) is 62.4 Å². The van der Waals surface area contributed by atoms with Crippen LogP contribution in [-0.4, -0.2) is 85.9 Å². The zero-order valence-corrected chi connectivity index (χ0v) is 28.9. The average Bonchev–Trinajstić information content (AvgIpc) is 3.91. The van der Waals surface area contributed by atoms with Crippen molar-refractivity contribution in [1.29, 1.82) is 0 Å². The molecule has 7 heterocycles. The van der Waals surface area contributed by atoms with Crippen LogP contribution >= 0.6 is 0 Å². The van der Waals surface area contributed by atoms with E-state index in [2.05, 4.69) is 25.0 Å². The molecule has 0 aliphatic carbocycles. The summed E-state index contributed by atoms with van der Waals surface area (Å²) in [7, 11) is 0. The van der Waals surface area contributed by atoms with Crippen molar-refractivity contribution in [2.75, 3.05) is 42.5 Å². The van der Waals surface area contributed by atoms with E-state index in [-0.39, 0.29) is 48.6 Å². The summed E-state index contributed by atoms with van der Waals surface area (Å²) in [4.78, 5) is 54.8. The summed E-state index contributed by atoms with van der Waals surface area (Å²) in [5.41, 5.74) is 4.24. The van der Waals surface area contributed by atoms with Crippen molar-refractivity contribution in [1.82, 2.24) is 34.7 Å². The molecular formula is C39H37F2N9O3. The average molecular weight is 718 g/mol. The van der Waals surface area contributed by atoms with Gasteiger partial charge in [0.25, 0.3) is 5.91 Å². The van der Waals surface area contributed by atoms with Crippen LogP contribution in [0.25, 0.3) is 17.0 Å². The molecule has 1 unspecified atom stereocenters. The predicted octanol–water partition coefficient (Wildman–Crippen LogP) is 4.49. The van der Waals surface area contributed by atoms with Crippen molar-refractivity contribution in [3.63, 3.8) is 0 Å². The fourth-order valence-corrected chi connectivity index (χ4v) is 8.19. The number of pyridine rings is 1. The number of halogens is 2. The van der Waals surface area contributed by atoms with Gasteiger partial charge in [0.05, 0.1) is 24.5 Å². The van der Waals surface area contributed by atoms with Gasteiger partial charge in [-0.2, -0.15) is 0 Å². The lowest BCUT2D eigenvalue weighted by Crippen LogP contribution is -2.52. The Morgan fingerprint density at radius 3 is 2.51 bits per heavy atom. The van der Waals surface area contributed by atoms with Gasteiger partial charge in [0.15, 0.2) is 5.65 Å². The molecular weight excluding hydrogens is 680 g/mol. The second-order valence-electron chi connectivity index (χ2n) is 14.1. The number of rotatable bonds is 7. The lowest BCUT2D eigenvalue weighted by atomic mass is 10.0. The van der Waals surface area contributed by atoms with Gasteiger partial charge in [-0.3, -0.25) is 24.6 Å². The molecule has 0 saturated carbocycles. The Bertz CT molecular complexity index is 2270. The number of fused-ring (bicyclic) bond motifs is 2. The fourth-order valence-electron chi connectivity index (χ4n) is 8.19. The first-order valence-corrected chi connectivity index (χ1v) is 18.1. The first kappa shape index (κ1) is 33.1. The molecule has 2 atom stereocenters. The first-order valence-electron chi connectivity index (χ1n) is 18.1. The molecule has 0 radical (unpaired) electrons. The number of nitrogens with one attached hydrogen (secondary N) is 1. The summed E-state index contributed by atoms with van der Waals surface area (Å²) in [6, 6.07) is 19.2. The molecule has 270 valence electrons. The lowest BCUT2D eigenvalue weighted by molar-refractivity contribution is -0.136. The minimum absolute atomic E-state index is 0.00684. The molecule has 1 N–H and O–H groups in total. The van der Waals surface area contributed by atoms with Crippen LogP contribution in [0.5, 0.6) is 0 Å². The molecule has 3 saturated heterocycles. The molecule has 3 aromatic heterocycles. The van der Waals surface area contributed by atoms with Gasteiger partial charge in [-0.15, -0.1) is 5.10 Å². The second kappa shape index (κ2) is 13.3. The molecule has 9 rings (SSSR count). The van der Waals surface area contributed by atoms with E-state index in [0.717, 1.165) is 48.0 Å². The normalized spacial score (nSPS) is 20.8. The van der Waals surface area contributed by atoms with Crippen LogP contribution in [0.2, 0.25) is 0 Å². The van der Waals surface area contributed by atoms with Crippen molar-refractivity contribution < 1.29 is 23.2 Å². The van der Waals surface area contributed by atoms with Crippen LogP contribution in [0.15, 0.2) is 72.9 Å². The fraction of sp³-hybridized carbons (Fsp3) is 0.333. The molecule has 12 nitrogen and oxygen atoms in total. The standard InChI is InChI=1S/C39H37F2N9O3/c40-26-5-1-4-24(20-26)30-7-3-15-48(30)35-13-12-33-42-21-32(50(33)45-35)29-6-2-8-34(43-29)47-18-16-46(17-19-47)22-25-9-10-27-28(37(25)41)23-49(39(27)53)31-11-14-36(51)44-38(31)52/h1-2,4-6,8-10,12-13,20-21,30-31H,3,7,11,14-19,22-23H2,(H,44,51,52)/t30-,31?/m1/s1. The van der Waals surface area contributed by atoms with E-state index < -0.39 is 17.8 Å². The number of carbonyl (C=O) groups excluding carboxylic acids is 3. The van der Waals surface area contributed by atoms with Crippen LogP contribution in [-0.2, 0) is 22.7 Å². The zero-order chi connectivity index (χ0) is 36.2. The predicted molar refractivity (Wildman–Crippen MR) is 192 cm³/mol. The Morgan fingerprint density at radius 1 is 0.830 bits per heavy atom. The van der Waals surface area contributed by atoms with E-state index in [1.807, 2.05) is 40.9 Å². The molecule has 3 fully saturated rings. The number of piperidine rings is 1. The number of piperazine rings is 1. The van der Waals surface area contributed by atoms with Gasteiger partial charge in [0.1, 0.15) is 35.0 Å².